The van der Waals surface area contributed by atoms with Crippen LogP contribution >= 0.6 is 27.5 Å². The van der Waals surface area contributed by atoms with E-state index in [-0.39, 0.29) is 15.6 Å². The molecule has 7 nitrogen and oxygen atoms in total. The van der Waals surface area contributed by atoms with Crippen molar-refractivity contribution in [3.63, 3.8) is 0 Å². The molecule has 0 saturated carbocycles. The van der Waals surface area contributed by atoms with Crippen molar-refractivity contribution >= 4 is 55.4 Å². The topological polar surface area (TPSA) is 88.1 Å². The molecule has 0 radical (unpaired) electrons. The molecule has 3 aromatic carbocycles. The van der Waals surface area contributed by atoms with Crippen LogP contribution in [0.3, 0.4) is 0 Å². The third-order valence-corrected chi connectivity index (χ3v) is 7.19. The first-order chi connectivity index (χ1) is 15.7. The average molecular weight is 551 g/mol. The molecule has 0 aliphatic heterocycles. The van der Waals surface area contributed by atoms with Gasteiger partial charge in [0, 0.05) is 10.0 Å². The summed E-state index contributed by atoms with van der Waals surface area (Å²) in [6, 6.07) is 18.1. The number of halogens is 2. The molecule has 0 fully saturated rings. The van der Waals surface area contributed by atoms with Crippen LogP contribution in [-0.2, 0) is 14.8 Å². The summed E-state index contributed by atoms with van der Waals surface area (Å²) in [7, 11) is -2.55. The fourth-order valence-corrected chi connectivity index (χ4v) is 5.04. The van der Waals surface area contributed by atoms with Crippen molar-refractivity contribution in [2.45, 2.75) is 11.8 Å². The van der Waals surface area contributed by atoms with E-state index >= 15 is 0 Å². The Hall–Kier alpha value is -2.88. The largest absolute Gasteiger partial charge is 0.496 e. The molecule has 172 valence electrons. The second-order valence-electron chi connectivity index (χ2n) is 6.96. The monoisotopic (exact) mass is 549 g/mol. The third kappa shape index (κ3) is 6.13. The second kappa shape index (κ2) is 10.8. The van der Waals surface area contributed by atoms with Crippen molar-refractivity contribution in [1.82, 2.24) is 5.43 Å². The fourth-order valence-electron chi connectivity index (χ4n) is 2.94. The summed E-state index contributed by atoms with van der Waals surface area (Å²) in [5, 5.41) is 4.14. The van der Waals surface area contributed by atoms with E-state index in [1.807, 2.05) is 13.0 Å². The van der Waals surface area contributed by atoms with Crippen LogP contribution < -0.4 is 14.5 Å². The maximum atomic E-state index is 13.4. The van der Waals surface area contributed by atoms with Gasteiger partial charge in [-0.1, -0.05) is 57.4 Å². The number of hydrogen-bond acceptors (Lipinski definition) is 5. The molecular weight excluding hydrogens is 530 g/mol. The van der Waals surface area contributed by atoms with Crippen LogP contribution in [0, 0.1) is 6.92 Å². The fraction of sp³-hybridized carbons (Fsp3) is 0.130. The summed E-state index contributed by atoms with van der Waals surface area (Å²) in [5.74, 6) is -0.0772. The lowest BCUT2D eigenvalue weighted by molar-refractivity contribution is -0.119. The van der Waals surface area contributed by atoms with Gasteiger partial charge in [0.1, 0.15) is 12.3 Å². The van der Waals surface area contributed by atoms with Crippen LogP contribution in [0.1, 0.15) is 11.1 Å². The third-order valence-electron chi connectivity index (χ3n) is 4.60. The molecular formula is C23H21BrClN3O4S. The zero-order chi connectivity index (χ0) is 24.0. The minimum absolute atomic E-state index is 0.0446. The number of rotatable bonds is 8. The van der Waals surface area contributed by atoms with Gasteiger partial charge < -0.3 is 4.74 Å². The minimum Gasteiger partial charge on any atom is -0.496 e. The zero-order valence-corrected chi connectivity index (χ0v) is 21.0. The first-order valence-corrected chi connectivity index (χ1v) is 12.3. The van der Waals surface area contributed by atoms with Crippen LogP contribution in [0.4, 0.5) is 5.69 Å². The molecule has 0 aliphatic rings. The predicted molar refractivity (Wildman–Crippen MR) is 134 cm³/mol. The van der Waals surface area contributed by atoms with E-state index in [0.717, 1.165) is 14.3 Å². The van der Waals surface area contributed by atoms with Crippen LogP contribution in [0.5, 0.6) is 5.75 Å². The van der Waals surface area contributed by atoms with E-state index in [9.17, 15) is 13.2 Å². The molecule has 1 amide bonds. The molecule has 0 bridgehead atoms. The highest BCUT2D eigenvalue weighted by atomic mass is 79.9. The van der Waals surface area contributed by atoms with E-state index in [1.54, 1.807) is 42.5 Å². The molecule has 0 unspecified atom stereocenters. The summed E-state index contributed by atoms with van der Waals surface area (Å²) in [5.41, 5.74) is 4.09. The van der Waals surface area contributed by atoms with Crippen molar-refractivity contribution in [3.05, 3.63) is 87.4 Å². The van der Waals surface area contributed by atoms with Crippen molar-refractivity contribution in [2.75, 3.05) is 18.0 Å². The van der Waals surface area contributed by atoms with Crippen LogP contribution in [0.25, 0.3) is 0 Å². The van der Waals surface area contributed by atoms with Crippen molar-refractivity contribution in [3.8, 4) is 5.75 Å². The molecule has 1 N–H and O–H groups in total. The summed E-state index contributed by atoms with van der Waals surface area (Å²) < 4.78 is 33.8. The molecule has 0 heterocycles. The molecule has 0 atom stereocenters. The number of nitrogens with zero attached hydrogens (tertiary/aromatic N) is 2. The summed E-state index contributed by atoms with van der Waals surface area (Å²) in [6.07, 6.45) is 1.41. The number of para-hydroxylation sites is 1. The lowest BCUT2D eigenvalue weighted by atomic mass is 10.2. The molecule has 3 aromatic rings. The number of anilines is 1. The normalized spacial score (nSPS) is 11.4. The number of carbonyl (C=O) groups excluding carboxylic acids is 1. The standard InChI is InChI=1S/C23H21BrClN3O4S/c1-16-7-10-19(11-8-16)33(30,31)28(21-6-4-3-5-20(21)25)15-23(29)27-26-14-17-13-18(24)9-12-22(17)32-2/h3-14H,15H2,1-2H3,(H,27,29)/b26-14-. The number of sulfonamides is 1. The van der Waals surface area contributed by atoms with Gasteiger partial charge in [0.15, 0.2) is 0 Å². The lowest BCUT2D eigenvalue weighted by Gasteiger charge is -2.24. The van der Waals surface area contributed by atoms with Gasteiger partial charge in [-0.15, -0.1) is 0 Å². The Morgan fingerprint density at radius 2 is 1.85 bits per heavy atom. The van der Waals surface area contributed by atoms with E-state index in [4.69, 9.17) is 16.3 Å². The van der Waals surface area contributed by atoms with Crippen molar-refractivity contribution in [1.29, 1.82) is 0 Å². The number of ether oxygens (including phenoxy) is 1. The van der Waals surface area contributed by atoms with E-state index < -0.39 is 22.5 Å². The van der Waals surface area contributed by atoms with Crippen LogP contribution in [-0.4, -0.2) is 34.2 Å². The van der Waals surface area contributed by atoms with Gasteiger partial charge in [-0.2, -0.15) is 5.10 Å². The van der Waals surface area contributed by atoms with Gasteiger partial charge in [-0.25, -0.2) is 13.8 Å². The number of nitrogens with one attached hydrogen (secondary N) is 1. The van der Waals surface area contributed by atoms with E-state index in [1.165, 1.54) is 31.5 Å². The van der Waals surface area contributed by atoms with Crippen LogP contribution in [0.15, 0.2) is 81.2 Å². The highest BCUT2D eigenvalue weighted by Crippen LogP contribution is 2.30. The summed E-state index contributed by atoms with van der Waals surface area (Å²) in [6.45, 7) is 1.33. The Morgan fingerprint density at radius 1 is 1.15 bits per heavy atom. The van der Waals surface area contributed by atoms with Gasteiger partial charge in [0.05, 0.1) is 28.9 Å². The number of hydrazone groups is 1. The van der Waals surface area contributed by atoms with Crippen molar-refractivity contribution in [2.24, 2.45) is 5.10 Å². The maximum Gasteiger partial charge on any atom is 0.264 e. The number of carbonyl (C=O) groups is 1. The van der Waals surface area contributed by atoms with Gasteiger partial charge >= 0.3 is 0 Å². The minimum atomic E-state index is -4.07. The Balaban J connectivity index is 1.86. The number of benzene rings is 3. The van der Waals surface area contributed by atoms with Crippen LogP contribution in [0.2, 0.25) is 5.02 Å². The number of hydrogen-bond donors (Lipinski definition) is 1. The van der Waals surface area contributed by atoms with Crippen molar-refractivity contribution < 1.29 is 17.9 Å². The Morgan fingerprint density at radius 3 is 2.52 bits per heavy atom. The molecule has 10 heteroatoms. The summed E-state index contributed by atoms with van der Waals surface area (Å²) in [4.78, 5) is 12.7. The zero-order valence-electron chi connectivity index (χ0n) is 17.8. The Kier molecular flexibility index (Phi) is 8.12. The molecule has 0 saturated heterocycles. The quantitative estimate of drug-likeness (QED) is 0.323. The first-order valence-electron chi connectivity index (χ1n) is 9.72. The predicted octanol–water partition coefficient (Wildman–Crippen LogP) is 4.77. The number of aryl methyl sites for hydroxylation is 1. The van der Waals surface area contributed by atoms with Gasteiger partial charge in [-0.3, -0.25) is 9.10 Å². The maximum absolute atomic E-state index is 13.4. The van der Waals surface area contributed by atoms with E-state index in [2.05, 4.69) is 26.5 Å². The van der Waals surface area contributed by atoms with E-state index in [0.29, 0.717) is 11.3 Å². The van der Waals surface area contributed by atoms with Gasteiger partial charge in [-0.05, 0) is 49.4 Å². The Labute approximate surface area is 206 Å². The Bertz CT molecular complexity index is 1280. The molecule has 0 spiro atoms. The second-order valence-corrected chi connectivity index (χ2v) is 10.1. The highest BCUT2D eigenvalue weighted by Gasteiger charge is 2.28. The molecule has 3 rings (SSSR count). The smallest absolute Gasteiger partial charge is 0.264 e. The number of amides is 1. The number of methoxy groups -OCH3 is 1. The van der Waals surface area contributed by atoms with Gasteiger partial charge in [0.2, 0.25) is 0 Å². The lowest BCUT2D eigenvalue weighted by Crippen LogP contribution is -2.39. The molecule has 0 aliphatic carbocycles. The molecule has 33 heavy (non-hydrogen) atoms. The van der Waals surface area contributed by atoms with Gasteiger partial charge in [0.25, 0.3) is 15.9 Å². The summed E-state index contributed by atoms with van der Waals surface area (Å²) >= 11 is 9.64. The SMILES string of the molecule is COc1ccc(Br)cc1/C=N\NC(=O)CN(c1ccccc1Cl)S(=O)(=O)c1ccc(C)cc1. The highest BCUT2D eigenvalue weighted by molar-refractivity contribution is 9.10. The average Bonchev–Trinajstić information content (AvgIpc) is 2.78. The molecule has 0 aromatic heterocycles. The first kappa shape index (κ1) is 24.8.